The Morgan fingerprint density at radius 2 is 1.69 bits per heavy atom. The minimum atomic E-state index is -4.22. The summed E-state index contributed by atoms with van der Waals surface area (Å²) < 4.78 is 25.3. The van der Waals surface area contributed by atoms with Crippen molar-refractivity contribution in [3.63, 3.8) is 0 Å². The molecule has 1 aromatic carbocycles. The van der Waals surface area contributed by atoms with Gasteiger partial charge in [0.1, 0.15) is 11.5 Å². The fourth-order valence-corrected chi connectivity index (χ4v) is 2.17. The molecule has 0 saturated carbocycles. The zero-order valence-electron chi connectivity index (χ0n) is 17.8. The van der Waals surface area contributed by atoms with Gasteiger partial charge in [0.25, 0.3) is 0 Å². The van der Waals surface area contributed by atoms with Gasteiger partial charge in [0.2, 0.25) is 0 Å². The molecule has 0 aliphatic heterocycles. The molecule has 29 heavy (non-hydrogen) atoms. The van der Waals surface area contributed by atoms with Crippen LogP contribution in [0.15, 0.2) is 18.2 Å². The predicted octanol–water partition coefficient (Wildman–Crippen LogP) is 3.08. The molecule has 11 heteroatoms. The van der Waals surface area contributed by atoms with Gasteiger partial charge in [0.05, 0.1) is 10.6 Å². The molecule has 0 spiro atoms. The van der Waals surface area contributed by atoms with Crippen LogP contribution in [0.3, 0.4) is 0 Å². The van der Waals surface area contributed by atoms with Crippen LogP contribution in [0.4, 0.5) is 0 Å². The van der Waals surface area contributed by atoms with Crippen molar-refractivity contribution in [1.29, 1.82) is 0 Å². The second-order valence-electron chi connectivity index (χ2n) is 7.14. The highest BCUT2D eigenvalue weighted by atomic mass is 35.5. The van der Waals surface area contributed by atoms with Crippen LogP contribution >= 0.6 is 30.8 Å². The van der Waals surface area contributed by atoms with Crippen molar-refractivity contribution in [2.24, 2.45) is 0 Å². The normalized spacial score (nSPS) is 13.5. The molecule has 168 valence electrons. The van der Waals surface area contributed by atoms with Crippen LogP contribution in [-0.4, -0.2) is 36.9 Å². The Morgan fingerprint density at radius 1 is 1.24 bits per heavy atom. The molecule has 0 radical (unpaired) electrons. The smallest absolute Gasteiger partial charge is 0.344 e. The van der Waals surface area contributed by atoms with E-state index in [1.165, 1.54) is 39.0 Å². The minimum absolute atomic E-state index is 0.167. The number of ketones is 1. The number of ether oxygens (including phenoxy) is 2. The number of hydrogen-bond donors (Lipinski definition) is 1. The lowest BCUT2D eigenvalue weighted by Gasteiger charge is -2.27. The predicted molar refractivity (Wildman–Crippen MR) is 111 cm³/mol. The lowest BCUT2D eigenvalue weighted by Crippen LogP contribution is -2.67. The van der Waals surface area contributed by atoms with Gasteiger partial charge in [-0.2, -0.15) is 0 Å². The van der Waals surface area contributed by atoms with Gasteiger partial charge in [-0.1, -0.05) is 23.2 Å². The fourth-order valence-electron chi connectivity index (χ4n) is 1.17. The second-order valence-corrected chi connectivity index (χ2v) is 10.2. The highest BCUT2D eigenvalue weighted by Gasteiger charge is 2.21. The number of rotatable bonds is 6. The summed E-state index contributed by atoms with van der Waals surface area (Å²) in [6, 6.07) is 4.46. The van der Waals surface area contributed by atoms with Crippen molar-refractivity contribution < 1.29 is 38.8 Å². The van der Waals surface area contributed by atoms with Crippen molar-refractivity contribution in [3.8, 4) is 5.75 Å². The molecule has 0 aromatic heterocycles. The van der Waals surface area contributed by atoms with E-state index >= 15 is 0 Å². The van der Waals surface area contributed by atoms with Gasteiger partial charge in [-0.05, 0) is 59.7 Å². The summed E-state index contributed by atoms with van der Waals surface area (Å²) in [4.78, 5) is 32.1. The van der Waals surface area contributed by atoms with E-state index in [4.69, 9.17) is 27.9 Å². The number of quaternary nitrogens is 1. The van der Waals surface area contributed by atoms with Gasteiger partial charge < -0.3 is 34.0 Å². The molecule has 0 bridgehead atoms. The molecular weight excluding hydrogens is 444 g/mol. The summed E-state index contributed by atoms with van der Waals surface area (Å²) in [7, 11) is -3.23. The monoisotopic (exact) mass is 473 g/mol. The van der Waals surface area contributed by atoms with Crippen LogP contribution in [-0.2, 0) is 23.4 Å². The summed E-state index contributed by atoms with van der Waals surface area (Å²) >= 11 is 11.5. The van der Waals surface area contributed by atoms with Crippen LogP contribution in [0.2, 0.25) is 10.0 Å². The molecule has 0 heterocycles. The van der Waals surface area contributed by atoms with E-state index in [2.05, 4.69) is 35.8 Å². The maximum absolute atomic E-state index is 11.4. The molecule has 1 rings (SSSR count). The van der Waals surface area contributed by atoms with Crippen LogP contribution < -0.4 is 15.4 Å². The van der Waals surface area contributed by atoms with E-state index in [9.17, 15) is 19.0 Å². The number of carbonyl (C=O) groups excluding carboxylic acids is 2. The van der Waals surface area contributed by atoms with Gasteiger partial charge in [-0.25, -0.2) is 4.79 Å². The topological polar surface area (TPSA) is 130 Å². The molecule has 1 unspecified atom stereocenters. The molecular formula is C18H30Cl2NO7P. The Labute approximate surface area is 182 Å². The first kappa shape index (κ1) is 30.0. The third-order valence-electron chi connectivity index (χ3n) is 2.24. The number of Topliss-reactive ketones (excluding diaryl/α,β-unsaturated/α-hetero) is 1. The van der Waals surface area contributed by atoms with Gasteiger partial charge in [-0.3, -0.25) is 0 Å². The average molecular weight is 474 g/mol. The lowest BCUT2D eigenvalue weighted by molar-refractivity contribution is -0.458. The molecule has 2 atom stereocenters. The highest BCUT2D eigenvalue weighted by Crippen LogP contribution is 2.42. The van der Waals surface area contributed by atoms with Crippen molar-refractivity contribution in [2.45, 2.75) is 52.9 Å². The van der Waals surface area contributed by atoms with E-state index in [0.29, 0.717) is 5.02 Å². The largest absolute Gasteiger partial charge is 0.776 e. The van der Waals surface area contributed by atoms with E-state index in [-0.39, 0.29) is 22.1 Å². The zero-order chi connectivity index (χ0) is 23.4. The van der Waals surface area contributed by atoms with Crippen LogP contribution in [0, 0.1) is 0 Å². The summed E-state index contributed by atoms with van der Waals surface area (Å²) in [6.45, 7) is 9.98. The van der Waals surface area contributed by atoms with E-state index < -0.39 is 26.0 Å². The number of benzene rings is 1. The van der Waals surface area contributed by atoms with Gasteiger partial charge >= 0.3 is 5.97 Å². The first-order valence-electron chi connectivity index (χ1n) is 8.46. The standard InChI is InChI=1S/C11H13Cl2O6P.C4H11N.C3H6O/c1-7(20(15,16)17-2)19-11(14)6-18-10-4-3-8(12)5-9(10)13;1-4(2,3)5;1-3(2)4/h3-5,7H,6H2,1-2H3,(H,15,16);5H2,1-3H3;1-2H3/t7-;;/m0../s1. The minimum Gasteiger partial charge on any atom is -0.776 e. The highest BCUT2D eigenvalue weighted by molar-refractivity contribution is 7.51. The van der Waals surface area contributed by atoms with Crippen LogP contribution in [0.1, 0.15) is 41.5 Å². The summed E-state index contributed by atoms with van der Waals surface area (Å²) in [5.41, 5.74) is 4.02. The quantitative estimate of drug-likeness (QED) is 0.495. The third kappa shape index (κ3) is 18.6. The number of halogens is 2. The second kappa shape index (κ2) is 14.0. The summed E-state index contributed by atoms with van der Waals surface area (Å²) in [5, 5.41) is 0.649. The Hall–Kier alpha value is -1.15. The molecule has 0 amide bonds. The van der Waals surface area contributed by atoms with E-state index in [0.717, 1.165) is 7.11 Å². The number of esters is 1. The number of hydrogen-bond acceptors (Lipinski definition) is 7. The summed E-state index contributed by atoms with van der Waals surface area (Å²) in [5.74, 6) is -1.86. The lowest BCUT2D eigenvalue weighted by atomic mass is 10.1. The Bertz CT molecular complexity index is 698. The Kier molecular flexibility index (Phi) is 14.5. The maximum Gasteiger partial charge on any atom is 0.344 e. The first-order valence-corrected chi connectivity index (χ1v) is 10.8. The van der Waals surface area contributed by atoms with Crippen molar-refractivity contribution in [3.05, 3.63) is 28.2 Å². The number of carbonyl (C=O) groups is 2. The molecule has 8 nitrogen and oxygen atoms in total. The molecule has 0 saturated heterocycles. The van der Waals surface area contributed by atoms with E-state index in [1.54, 1.807) is 0 Å². The van der Waals surface area contributed by atoms with Crippen molar-refractivity contribution in [2.75, 3.05) is 13.7 Å². The average Bonchev–Trinajstić information content (AvgIpc) is 2.51. The van der Waals surface area contributed by atoms with E-state index in [1.807, 2.05) is 0 Å². The molecule has 0 aliphatic rings. The zero-order valence-corrected chi connectivity index (χ0v) is 20.2. The molecule has 0 fully saturated rings. The molecule has 3 N–H and O–H groups in total. The van der Waals surface area contributed by atoms with Gasteiger partial charge in [0.15, 0.2) is 20.0 Å². The molecule has 0 aliphatic carbocycles. The Balaban J connectivity index is 0. The third-order valence-corrected chi connectivity index (χ3v) is 4.28. The fraction of sp³-hybridized carbons (Fsp3) is 0.556. The first-order chi connectivity index (χ1) is 13.0. The van der Waals surface area contributed by atoms with Crippen molar-refractivity contribution >= 4 is 42.6 Å². The maximum atomic E-state index is 11.4. The van der Waals surface area contributed by atoms with Crippen LogP contribution in [0.5, 0.6) is 5.75 Å². The van der Waals surface area contributed by atoms with Crippen molar-refractivity contribution in [1.82, 2.24) is 0 Å². The SMILES string of the molecule is CC(C)(C)[NH3+].CC(C)=O.COP(=O)([O-])[C@@H](C)OC(=O)COc1ccc(Cl)cc1Cl. The van der Waals surface area contributed by atoms with Gasteiger partial charge in [0, 0.05) is 12.1 Å². The van der Waals surface area contributed by atoms with Crippen LogP contribution in [0.25, 0.3) is 0 Å². The van der Waals surface area contributed by atoms with Gasteiger partial charge in [-0.15, -0.1) is 0 Å². The Morgan fingerprint density at radius 3 is 2.07 bits per heavy atom. The molecule has 1 aromatic rings. The summed E-state index contributed by atoms with van der Waals surface area (Å²) in [6.07, 6.45) is 0.